The van der Waals surface area contributed by atoms with E-state index >= 15 is 0 Å². The smallest absolute Gasteiger partial charge is 0.325 e. The van der Waals surface area contributed by atoms with Crippen LogP contribution in [0.3, 0.4) is 0 Å². The molecule has 5 nitrogen and oxygen atoms in total. The van der Waals surface area contributed by atoms with Gasteiger partial charge in [-0.1, -0.05) is 0 Å². The first-order valence-electron chi connectivity index (χ1n) is 6.24. The molecule has 1 fully saturated rings. The fourth-order valence-corrected chi connectivity index (χ4v) is 1.94. The Hall–Kier alpha value is -2.49. The van der Waals surface area contributed by atoms with Crippen molar-refractivity contribution in [3.8, 4) is 6.07 Å². The van der Waals surface area contributed by atoms with E-state index in [1.165, 1.54) is 7.11 Å². The van der Waals surface area contributed by atoms with Gasteiger partial charge >= 0.3 is 5.97 Å². The van der Waals surface area contributed by atoms with Crippen molar-refractivity contribution in [3.05, 3.63) is 34.9 Å². The minimum atomic E-state index is -1.12. The molecule has 0 heterocycles. The molecule has 1 aromatic carbocycles. The van der Waals surface area contributed by atoms with E-state index in [0.29, 0.717) is 12.8 Å². The van der Waals surface area contributed by atoms with Gasteiger partial charge in [-0.15, -0.1) is 0 Å². The summed E-state index contributed by atoms with van der Waals surface area (Å²) in [6.07, 6.45) is 1.34. The molecule has 1 aliphatic carbocycles. The highest BCUT2D eigenvalue weighted by atomic mass is 19.1. The van der Waals surface area contributed by atoms with Crippen LogP contribution < -0.4 is 0 Å². The molecule has 1 aliphatic rings. The van der Waals surface area contributed by atoms with Crippen molar-refractivity contribution >= 4 is 11.9 Å². The van der Waals surface area contributed by atoms with Gasteiger partial charge in [0, 0.05) is 6.04 Å². The molecule has 0 radical (unpaired) electrons. The lowest BCUT2D eigenvalue weighted by molar-refractivity contribution is -0.141. The van der Waals surface area contributed by atoms with Gasteiger partial charge in [-0.25, -0.2) is 8.78 Å². The van der Waals surface area contributed by atoms with E-state index in [-0.39, 0.29) is 18.2 Å². The summed E-state index contributed by atoms with van der Waals surface area (Å²) in [5.41, 5.74) is -0.975. The Balaban J connectivity index is 2.33. The Morgan fingerprint density at radius 2 is 1.95 bits per heavy atom. The zero-order valence-electron chi connectivity index (χ0n) is 11.2. The van der Waals surface area contributed by atoms with Gasteiger partial charge in [-0.3, -0.25) is 9.59 Å². The molecule has 1 saturated carbocycles. The highest BCUT2D eigenvalue weighted by Gasteiger charge is 2.36. The fourth-order valence-electron chi connectivity index (χ4n) is 1.94. The lowest BCUT2D eigenvalue weighted by Crippen LogP contribution is -2.38. The van der Waals surface area contributed by atoms with Gasteiger partial charge < -0.3 is 9.64 Å². The Morgan fingerprint density at radius 1 is 1.38 bits per heavy atom. The van der Waals surface area contributed by atoms with Crippen molar-refractivity contribution in [3.63, 3.8) is 0 Å². The number of halogens is 2. The Bertz CT molecular complexity index is 613. The molecule has 0 aromatic heterocycles. The molecular formula is C14H12F2N2O3. The van der Waals surface area contributed by atoms with Crippen LogP contribution in [0.1, 0.15) is 28.8 Å². The van der Waals surface area contributed by atoms with Crippen molar-refractivity contribution in [1.82, 2.24) is 4.90 Å². The summed E-state index contributed by atoms with van der Waals surface area (Å²) in [6, 6.07) is 2.97. The molecule has 110 valence electrons. The Kier molecular flexibility index (Phi) is 4.17. The van der Waals surface area contributed by atoms with E-state index in [1.807, 2.05) is 0 Å². The van der Waals surface area contributed by atoms with Crippen molar-refractivity contribution < 1.29 is 23.1 Å². The lowest BCUT2D eigenvalue weighted by Gasteiger charge is -2.21. The van der Waals surface area contributed by atoms with Crippen LogP contribution >= 0.6 is 0 Å². The number of nitrogens with zero attached hydrogens (tertiary/aromatic N) is 2. The number of methoxy groups -OCH3 is 1. The number of benzene rings is 1. The Labute approximate surface area is 119 Å². The van der Waals surface area contributed by atoms with Crippen LogP contribution in [0, 0.1) is 23.0 Å². The summed E-state index contributed by atoms with van der Waals surface area (Å²) in [5.74, 6) is -3.81. The number of esters is 1. The summed E-state index contributed by atoms with van der Waals surface area (Å²) in [5, 5.41) is 8.63. The maximum atomic E-state index is 13.9. The van der Waals surface area contributed by atoms with E-state index in [2.05, 4.69) is 4.74 Å². The quantitative estimate of drug-likeness (QED) is 0.791. The third-order valence-corrected chi connectivity index (χ3v) is 3.16. The van der Waals surface area contributed by atoms with E-state index in [1.54, 1.807) is 6.07 Å². The van der Waals surface area contributed by atoms with Gasteiger partial charge in [0.15, 0.2) is 0 Å². The number of hydrogen-bond acceptors (Lipinski definition) is 4. The second-order valence-electron chi connectivity index (χ2n) is 4.67. The normalized spacial score (nSPS) is 13.4. The second kappa shape index (κ2) is 5.87. The van der Waals surface area contributed by atoms with E-state index < -0.39 is 29.1 Å². The summed E-state index contributed by atoms with van der Waals surface area (Å²) < 4.78 is 32.2. The number of amides is 1. The van der Waals surface area contributed by atoms with Crippen LogP contribution in [0.2, 0.25) is 0 Å². The minimum absolute atomic E-state index is 0.215. The number of hydrogen-bond donors (Lipinski definition) is 0. The molecule has 2 rings (SSSR count). The SMILES string of the molecule is COC(=O)CN(C(=O)c1c(F)cc(C#N)cc1F)C1CC1. The molecule has 0 unspecified atom stereocenters. The van der Waals surface area contributed by atoms with Crippen molar-refractivity contribution in [2.75, 3.05) is 13.7 Å². The molecule has 0 bridgehead atoms. The predicted molar refractivity (Wildman–Crippen MR) is 67.1 cm³/mol. The van der Waals surface area contributed by atoms with Crippen LogP contribution in [0.25, 0.3) is 0 Å². The van der Waals surface area contributed by atoms with Crippen molar-refractivity contribution in [2.24, 2.45) is 0 Å². The third kappa shape index (κ3) is 3.16. The van der Waals surface area contributed by atoms with Crippen LogP contribution in [0.5, 0.6) is 0 Å². The molecule has 0 atom stereocenters. The standard InChI is InChI=1S/C14H12F2N2O3/c1-21-12(19)7-18(9-2-3-9)14(20)13-10(15)4-8(6-17)5-11(13)16/h4-5,9H,2-3,7H2,1H3. The number of carbonyl (C=O) groups excluding carboxylic acids is 2. The largest absolute Gasteiger partial charge is 0.468 e. The van der Waals surface area contributed by atoms with E-state index in [4.69, 9.17) is 5.26 Å². The second-order valence-corrected chi connectivity index (χ2v) is 4.67. The summed E-state index contributed by atoms with van der Waals surface area (Å²) >= 11 is 0. The third-order valence-electron chi connectivity index (χ3n) is 3.16. The zero-order chi connectivity index (χ0) is 15.6. The topological polar surface area (TPSA) is 70.4 Å². The molecule has 1 aromatic rings. The maximum Gasteiger partial charge on any atom is 0.325 e. The van der Waals surface area contributed by atoms with Crippen LogP contribution in [-0.2, 0) is 9.53 Å². The first-order chi connectivity index (χ1) is 9.97. The van der Waals surface area contributed by atoms with Gasteiger partial charge in [-0.05, 0) is 25.0 Å². The van der Waals surface area contributed by atoms with Crippen LogP contribution in [0.4, 0.5) is 8.78 Å². The molecule has 1 amide bonds. The number of nitriles is 1. The first-order valence-corrected chi connectivity index (χ1v) is 6.24. The molecule has 7 heteroatoms. The number of carbonyl (C=O) groups is 2. The average molecular weight is 294 g/mol. The highest BCUT2D eigenvalue weighted by Crippen LogP contribution is 2.29. The monoisotopic (exact) mass is 294 g/mol. The van der Waals surface area contributed by atoms with E-state index in [9.17, 15) is 18.4 Å². The lowest BCUT2D eigenvalue weighted by atomic mass is 10.1. The molecule has 0 saturated heterocycles. The molecule has 21 heavy (non-hydrogen) atoms. The molecule has 0 N–H and O–H groups in total. The molecule has 0 spiro atoms. The highest BCUT2D eigenvalue weighted by molar-refractivity contribution is 5.97. The molecular weight excluding hydrogens is 282 g/mol. The Morgan fingerprint density at radius 3 is 2.38 bits per heavy atom. The fraction of sp³-hybridized carbons (Fsp3) is 0.357. The maximum absolute atomic E-state index is 13.9. The number of rotatable bonds is 4. The van der Waals surface area contributed by atoms with Crippen molar-refractivity contribution in [2.45, 2.75) is 18.9 Å². The molecule has 0 aliphatic heterocycles. The van der Waals surface area contributed by atoms with Crippen molar-refractivity contribution in [1.29, 1.82) is 5.26 Å². The van der Waals surface area contributed by atoms with Crippen LogP contribution in [0.15, 0.2) is 12.1 Å². The minimum Gasteiger partial charge on any atom is -0.468 e. The summed E-state index contributed by atoms with van der Waals surface area (Å²) in [7, 11) is 1.17. The van der Waals surface area contributed by atoms with Gasteiger partial charge in [0.1, 0.15) is 23.7 Å². The predicted octanol–water partition coefficient (Wildman–Crippen LogP) is 1.61. The zero-order valence-corrected chi connectivity index (χ0v) is 11.2. The van der Waals surface area contributed by atoms with Gasteiger partial charge in [0.25, 0.3) is 5.91 Å². The first kappa shape index (κ1) is 14.9. The number of ether oxygens (including phenoxy) is 1. The average Bonchev–Trinajstić information content (AvgIpc) is 3.27. The van der Waals surface area contributed by atoms with Gasteiger partial charge in [-0.2, -0.15) is 5.26 Å². The van der Waals surface area contributed by atoms with Crippen LogP contribution in [-0.4, -0.2) is 36.5 Å². The van der Waals surface area contributed by atoms with Gasteiger partial charge in [0.05, 0.1) is 18.7 Å². The van der Waals surface area contributed by atoms with E-state index in [0.717, 1.165) is 17.0 Å². The van der Waals surface area contributed by atoms with Gasteiger partial charge in [0.2, 0.25) is 0 Å². The summed E-state index contributed by atoms with van der Waals surface area (Å²) in [6.45, 7) is -0.362. The summed E-state index contributed by atoms with van der Waals surface area (Å²) in [4.78, 5) is 24.7.